The Morgan fingerprint density at radius 1 is 1.29 bits per heavy atom. The van der Waals surface area contributed by atoms with Crippen molar-refractivity contribution in [2.24, 2.45) is 0 Å². The van der Waals surface area contributed by atoms with Gasteiger partial charge in [-0.15, -0.1) is 0 Å². The topological polar surface area (TPSA) is 49.3 Å². The number of allylic oxidation sites excluding steroid dienone is 2. The van der Waals surface area contributed by atoms with Gasteiger partial charge in [0.1, 0.15) is 0 Å². The van der Waals surface area contributed by atoms with E-state index in [1.54, 1.807) is 24.4 Å². The first kappa shape index (κ1) is 8.56. The van der Waals surface area contributed by atoms with Gasteiger partial charge in [-0.3, -0.25) is 0 Å². The molecule has 0 saturated heterocycles. The highest BCUT2D eigenvalue weighted by atomic mass is 16.4. The molecular weight excluding hydrogens is 178 g/mol. The summed E-state index contributed by atoms with van der Waals surface area (Å²) in [6.45, 7) is 0. The molecule has 1 aliphatic rings. The Hall–Kier alpha value is -2.03. The Morgan fingerprint density at radius 3 is 2.86 bits per heavy atom. The Morgan fingerprint density at radius 2 is 2.07 bits per heavy atom. The van der Waals surface area contributed by atoms with Gasteiger partial charge >= 0.3 is 5.97 Å². The molecule has 0 unspecified atom stereocenters. The van der Waals surface area contributed by atoms with E-state index >= 15 is 0 Å². The minimum atomic E-state index is -0.911. The van der Waals surface area contributed by atoms with Crippen molar-refractivity contribution in [2.75, 3.05) is 5.32 Å². The van der Waals surface area contributed by atoms with Gasteiger partial charge in [0, 0.05) is 17.5 Å². The minimum Gasteiger partial charge on any atom is -0.478 e. The fourth-order valence-corrected chi connectivity index (χ4v) is 1.40. The number of nitrogens with one attached hydrogen (secondary N) is 1. The molecule has 0 aliphatic carbocycles. The second kappa shape index (κ2) is 3.38. The van der Waals surface area contributed by atoms with Crippen LogP contribution in [0.1, 0.15) is 5.56 Å². The van der Waals surface area contributed by atoms with Crippen molar-refractivity contribution < 1.29 is 9.90 Å². The van der Waals surface area contributed by atoms with Crippen molar-refractivity contribution >= 4 is 17.2 Å². The molecule has 1 aromatic rings. The molecule has 2 N–H and O–H groups in total. The third-order valence-electron chi connectivity index (χ3n) is 2.05. The largest absolute Gasteiger partial charge is 0.478 e. The quantitative estimate of drug-likeness (QED) is 0.707. The number of fused-ring (bicyclic) bond motifs is 1. The summed E-state index contributed by atoms with van der Waals surface area (Å²) in [6.07, 6.45) is 4.99. The molecule has 0 fully saturated rings. The summed E-state index contributed by atoms with van der Waals surface area (Å²) in [5.41, 5.74) is 1.83. The summed E-state index contributed by atoms with van der Waals surface area (Å²) in [6, 6.07) is 7.32. The van der Waals surface area contributed by atoms with Gasteiger partial charge in [-0.2, -0.15) is 0 Å². The summed E-state index contributed by atoms with van der Waals surface area (Å²) in [5, 5.41) is 12.0. The van der Waals surface area contributed by atoms with E-state index in [1.807, 2.05) is 18.2 Å². The molecule has 0 amide bonds. The Balaban J connectivity index is 2.59. The molecule has 0 spiro atoms. The molecule has 2 rings (SSSR count). The lowest BCUT2D eigenvalue weighted by Crippen LogP contribution is -2.00. The van der Waals surface area contributed by atoms with Crippen LogP contribution in [0.15, 0.2) is 42.6 Å². The van der Waals surface area contributed by atoms with E-state index in [0.29, 0.717) is 11.1 Å². The number of hydrogen-bond donors (Lipinski definition) is 2. The van der Waals surface area contributed by atoms with Crippen LogP contribution in [-0.2, 0) is 4.79 Å². The van der Waals surface area contributed by atoms with Gasteiger partial charge in [0.2, 0.25) is 0 Å². The summed E-state index contributed by atoms with van der Waals surface area (Å²) in [4.78, 5) is 10.9. The predicted molar refractivity (Wildman–Crippen MR) is 54.8 cm³/mol. The van der Waals surface area contributed by atoms with E-state index in [-0.39, 0.29) is 0 Å². The lowest BCUT2D eigenvalue weighted by molar-refractivity contribution is -0.130. The minimum absolute atomic E-state index is 0.307. The zero-order valence-corrected chi connectivity index (χ0v) is 7.40. The first-order valence-corrected chi connectivity index (χ1v) is 4.25. The van der Waals surface area contributed by atoms with Crippen molar-refractivity contribution in [1.82, 2.24) is 0 Å². The molecule has 3 nitrogen and oxygen atoms in total. The number of carboxylic acid groups (broad SMARTS) is 1. The third-order valence-corrected chi connectivity index (χ3v) is 2.05. The number of carboxylic acids is 1. The number of carbonyl (C=O) groups is 1. The summed E-state index contributed by atoms with van der Waals surface area (Å²) in [7, 11) is 0. The van der Waals surface area contributed by atoms with Gasteiger partial charge < -0.3 is 10.4 Å². The van der Waals surface area contributed by atoms with E-state index in [2.05, 4.69) is 5.32 Å². The monoisotopic (exact) mass is 187 g/mol. The normalized spacial score (nSPS) is 13.6. The van der Waals surface area contributed by atoms with Crippen molar-refractivity contribution in [2.45, 2.75) is 0 Å². The summed E-state index contributed by atoms with van der Waals surface area (Å²) < 4.78 is 0. The Bertz CT molecular complexity index is 433. The Kier molecular flexibility index (Phi) is 2.07. The van der Waals surface area contributed by atoms with E-state index in [4.69, 9.17) is 5.11 Å². The lowest BCUT2D eigenvalue weighted by atomic mass is 10.0. The zero-order valence-electron chi connectivity index (χ0n) is 7.40. The van der Waals surface area contributed by atoms with Gasteiger partial charge in [-0.05, 0) is 18.2 Å². The van der Waals surface area contributed by atoms with Gasteiger partial charge in [-0.1, -0.05) is 18.2 Å². The zero-order chi connectivity index (χ0) is 9.97. The first-order chi connectivity index (χ1) is 6.79. The van der Waals surface area contributed by atoms with Crippen LogP contribution in [0.2, 0.25) is 0 Å². The second-order valence-corrected chi connectivity index (χ2v) is 2.93. The highest BCUT2D eigenvalue weighted by Crippen LogP contribution is 2.25. The van der Waals surface area contributed by atoms with Crippen molar-refractivity contribution in [3.8, 4) is 0 Å². The SMILES string of the molecule is O=C(O)C1=CC=CNc2ccccc21. The second-order valence-electron chi connectivity index (χ2n) is 2.93. The molecular formula is C11H9NO2. The van der Waals surface area contributed by atoms with Gasteiger partial charge in [0.25, 0.3) is 0 Å². The summed E-state index contributed by atoms with van der Waals surface area (Å²) >= 11 is 0. The lowest BCUT2D eigenvalue weighted by Gasteiger charge is -2.06. The molecule has 1 heterocycles. The molecule has 0 radical (unpaired) electrons. The van der Waals surface area contributed by atoms with Crippen LogP contribution < -0.4 is 5.32 Å². The molecule has 1 aliphatic heterocycles. The van der Waals surface area contributed by atoms with Gasteiger partial charge in [0.15, 0.2) is 0 Å². The molecule has 0 atom stereocenters. The van der Waals surface area contributed by atoms with Crippen molar-refractivity contribution in [1.29, 1.82) is 0 Å². The smallest absolute Gasteiger partial charge is 0.336 e. The number of hydrogen-bond acceptors (Lipinski definition) is 2. The van der Waals surface area contributed by atoms with Crippen LogP contribution in [0, 0.1) is 0 Å². The molecule has 0 aromatic heterocycles. The first-order valence-electron chi connectivity index (χ1n) is 4.25. The van der Waals surface area contributed by atoms with Gasteiger partial charge in [0.05, 0.1) is 5.57 Å². The van der Waals surface area contributed by atoms with Crippen LogP contribution in [-0.4, -0.2) is 11.1 Å². The standard InChI is InChI=1S/C11H9NO2/c13-11(14)9-5-3-7-12-10-6-2-1-4-8(9)10/h1-7,12H,(H,13,14). The molecule has 14 heavy (non-hydrogen) atoms. The van der Waals surface area contributed by atoms with E-state index in [9.17, 15) is 4.79 Å². The molecule has 0 bridgehead atoms. The number of aliphatic carboxylic acids is 1. The predicted octanol–water partition coefficient (Wildman–Crippen LogP) is 2.09. The van der Waals surface area contributed by atoms with Crippen molar-refractivity contribution in [3.63, 3.8) is 0 Å². The van der Waals surface area contributed by atoms with Crippen LogP contribution in [0.4, 0.5) is 5.69 Å². The number of para-hydroxylation sites is 1. The van der Waals surface area contributed by atoms with Crippen LogP contribution in [0.5, 0.6) is 0 Å². The fraction of sp³-hybridized carbons (Fsp3) is 0. The average molecular weight is 187 g/mol. The Labute approximate surface area is 81.4 Å². The fourth-order valence-electron chi connectivity index (χ4n) is 1.40. The maximum absolute atomic E-state index is 10.9. The maximum atomic E-state index is 10.9. The van der Waals surface area contributed by atoms with E-state index in [1.165, 1.54) is 0 Å². The van der Waals surface area contributed by atoms with Crippen LogP contribution in [0.3, 0.4) is 0 Å². The number of anilines is 1. The van der Waals surface area contributed by atoms with Gasteiger partial charge in [-0.25, -0.2) is 4.79 Å². The number of rotatable bonds is 1. The van der Waals surface area contributed by atoms with Crippen LogP contribution >= 0.6 is 0 Å². The van der Waals surface area contributed by atoms with Crippen molar-refractivity contribution in [3.05, 3.63) is 48.2 Å². The maximum Gasteiger partial charge on any atom is 0.336 e. The molecule has 3 heteroatoms. The van der Waals surface area contributed by atoms with Crippen LogP contribution in [0.25, 0.3) is 5.57 Å². The molecule has 1 aromatic carbocycles. The highest BCUT2D eigenvalue weighted by molar-refractivity contribution is 6.17. The number of benzene rings is 1. The van der Waals surface area contributed by atoms with E-state index in [0.717, 1.165) is 5.69 Å². The van der Waals surface area contributed by atoms with E-state index < -0.39 is 5.97 Å². The molecule has 70 valence electrons. The average Bonchev–Trinajstić information content (AvgIpc) is 2.39. The highest BCUT2D eigenvalue weighted by Gasteiger charge is 2.13. The summed E-state index contributed by atoms with van der Waals surface area (Å²) in [5.74, 6) is -0.911. The third kappa shape index (κ3) is 1.40. The molecule has 0 saturated carbocycles.